The first-order chi connectivity index (χ1) is 11.7. The second-order valence-electron chi connectivity index (χ2n) is 7.51. The molecule has 2 N–H and O–H groups in total. The van der Waals surface area contributed by atoms with Crippen LogP contribution in [-0.4, -0.2) is 11.8 Å². The van der Waals surface area contributed by atoms with Gasteiger partial charge in [-0.3, -0.25) is 9.59 Å². The smallest absolute Gasteiger partial charge is 0.255 e. The van der Waals surface area contributed by atoms with Crippen molar-refractivity contribution in [2.45, 2.75) is 40.5 Å². The van der Waals surface area contributed by atoms with Gasteiger partial charge in [0, 0.05) is 22.4 Å². The van der Waals surface area contributed by atoms with Gasteiger partial charge in [-0.1, -0.05) is 46.8 Å². The van der Waals surface area contributed by atoms with Crippen LogP contribution < -0.4 is 10.6 Å². The quantitative estimate of drug-likeness (QED) is 0.820. The van der Waals surface area contributed by atoms with Crippen LogP contribution in [-0.2, 0) is 4.79 Å². The third-order valence-electron chi connectivity index (χ3n) is 3.92. The van der Waals surface area contributed by atoms with Gasteiger partial charge in [-0.05, 0) is 47.9 Å². The molecule has 2 amide bonds. The first-order valence-electron chi connectivity index (χ1n) is 8.49. The SMILES string of the molecule is CC(C)c1ccc(NC(=O)c2ccc(NC(=O)C(C)(C)C)cc2)cc1. The van der Waals surface area contributed by atoms with Gasteiger partial charge < -0.3 is 10.6 Å². The first-order valence-corrected chi connectivity index (χ1v) is 8.49. The Hall–Kier alpha value is -2.62. The fraction of sp³-hybridized carbons (Fsp3) is 0.333. The van der Waals surface area contributed by atoms with Crippen molar-refractivity contribution in [3.8, 4) is 0 Å². The zero-order valence-electron chi connectivity index (χ0n) is 15.5. The van der Waals surface area contributed by atoms with E-state index in [0.29, 0.717) is 17.2 Å². The Labute approximate surface area is 149 Å². The van der Waals surface area contributed by atoms with E-state index in [0.717, 1.165) is 5.69 Å². The molecular formula is C21H26N2O2. The number of carbonyl (C=O) groups is 2. The van der Waals surface area contributed by atoms with Crippen molar-refractivity contribution in [2.24, 2.45) is 5.41 Å². The average molecular weight is 338 g/mol. The van der Waals surface area contributed by atoms with E-state index >= 15 is 0 Å². The number of nitrogens with one attached hydrogen (secondary N) is 2. The summed E-state index contributed by atoms with van der Waals surface area (Å²) in [6.45, 7) is 9.83. The maximum atomic E-state index is 12.3. The van der Waals surface area contributed by atoms with Gasteiger partial charge in [-0.2, -0.15) is 0 Å². The van der Waals surface area contributed by atoms with Gasteiger partial charge in [-0.15, -0.1) is 0 Å². The second kappa shape index (κ2) is 7.51. The summed E-state index contributed by atoms with van der Waals surface area (Å²) in [5.41, 5.74) is 2.76. The fourth-order valence-corrected chi connectivity index (χ4v) is 2.18. The summed E-state index contributed by atoms with van der Waals surface area (Å²) >= 11 is 0. The minimum Gasteiger partial charge on any atom is -0.326 e. The normalized spacial score (nSPS) is 11.3. The molecule has 2 aromatic carbocycles. The number of carbonyl (C=O) groups excluding carboxylic acids is 2. The van der Waals surface area contributed by atoms with Crippen LogP contribution in [0.1, 0.15) is 56.5 Å². The predicted molar refractivity (Wildman–Crippen MR) is 103 cm³/mol. The van der Waals surface area contributed by atoms with Crippen LogP contribution in [0.5, 0.6) is 0 Å². The standard InChI is InChI=1S/C21H26N2O2/c1-14(2)15-6-10-17(11-7-15)22-19(24)16-8-12-18(13-9-16)23-20(25)21(3,4)5/h6-14H,1-5H3,(H,22,24)(H,23,25). The molecule has 0 aliphatic heterocycles. The van der Waals surface area contributed by atoms with E-state index in [1.54, 1.807) is 24.3 Å². The highest BCUT2D eigenvalue weighted by Crippen LogP contribution is 2.19. The number of hydrogen-bond donors (Lipinski definition) is 2. The molecule has 0 bridgehead atoms. The Morgan fingerprint density at radius 2 is 1.28 bits per heavy atom. The van der Waals surface area contributed by atoms with Gasteiger partial charge in [0.2, 0.25) is 5.91 Å². The second-order valence-corrected chi connectivity index (χ2v) is 7.51. The maximum absolute atomic E-state index is 12.3. The topological polar surface area (TPSA) is 58.2 Å². The molecule has 0 aliphatic carbocycles. The number of hydrogen-bond acceptors (Lipinski definition) is 2. The molecule has 4 nitrogen and oxygen atoms in total. The molecule has 0 aliphatic rings. The third kappa shape index (κ3) is 5.18. The molecular weight excluding hydrogens is 312 g/mol. The number of anilines is 2. The molecule has 0 spiro atoms. The molecule has 2 aromatic rings. The molecule has 2 rings (SSSR count). The summed E-state index contributed by atoms with van der Waals surface area (Å²) in [7, 11) is 0. The van der Waals surface area contributed by atoms with E-state index in [4.69, 9.17) is 0 Å². The maximum Gasteiger partial charge on any atom is 0.255 e. The highest BCUT2D eigenvalue weighted by Gasteiger charge is 2.21. The zero-order valence-corrected chi connectivity index (χ0v) is 15.5. The minimum atomic E-state index is -0.460. The van der Waals surface area contributed by atoms with Gasteiger partial charge >= 0.3 is 0 Å². The van der Waals surface area contributed by atoms with Gasteiger partial charge in [0.05, 0.1) is 0 Å². The minimum absolute atomic E-state index is 0.0602. The lowest BCUT2D eigenvalue weighted by Gasteiger charge is -2.17. The molecule has 0 fully saturated rings. The van der Waals surface area contributed by atoms with Crippen LogP contribution in [0.4, 0.5) is 11.4 Å². The van der Waals surface area contributed by atoms with Gasteiger partial charge in [-0.25, -0.2) is 0 Å². The molecule has 4 heteroatoms. The zero-order chi connectivity index (χ0) is 18.6. The average Bonchev–Trinajstić information content (AvgIpc) is 2.55. The van der Waals surface area contributed by atoms with Gasteiger partial charge in [0.25, 0.3) is 5.91 Å². The number of benzene rings is 2. The molecule has 132 valence electrons. The lowest BCUT2D eigenvalue weighted by Crippen LogP contribution is -2.27. The summed E-state index contributed by atoms with van der Waals surface area (Å²) in [5, 5.41) is 5.73. The monoisotopic (exact) mass is 338 g/mol. The predicted octanol–water partition coefficient (Wildman–Crippen LogP) is 5.05. The van der Waals surface area contributed by atoms with E-state index < -0.39 is 5.41 Å². The van der Waals surface area contributed by atoms with Gasteiger partial charge in [0.1, 0.15) is 0 Å². The van der Waals surface area contributed by atoms with Crippen LogP contribution in [0.25, 0.3) is 0 Å². The lowest BCUT2D eigenvalue weighted by molar-refractivity contribution is -0.123. The molecule has 0 saturated heterocycles. The van der Waals surface area contributed by atoms with Crippen molar-refractivity contribution in [2.75, 3.05) is 10.6 Å². The van der Waals surface area contributed by atoms with E-state index in [-0.39, 0.29) is 11.8 Å². The van der Waals surface area contributed by atoms with E-state index in [9.17, 15) is 9.59 Å². The molecule has 25 heavy (non-hydrogen) atoms. The van der Waals surface area contributed by atoms with Crippen molar-refractivity contribution in [1.82, 2.24) is 0 Å². The van der Waals surface area contributed by atoms with Crippen molar-refractivity contribution >= 4 is 23.2 Å². The van der Waals surface area contributed by atoms with Crippen molar-refractivity contribution in [3.63, 3.8) is 0 Å². The Morgan fingerprint density at radius 1 is 0.800 bits per heavy atom. The largest absolute Gasteiger partial charge is 0.326 e. The highest BCUT2D eigenvalue weighted by molar-refractivity contribution is 6.04. The van der Waals surface area contributed by atoms with Crippen LogP contribution in [0, 0.1) is 5.41 Å². The Morgan fingerprint density at radius 3 is 1.76 bits per heavy atom. The van der Waals surface area contributed by atoms with E-state index in [1.165, 1.54) is 5.56 Å². The molecule has 0 saturated carbocycles. The first kappa shape index (κ1) is 18.7. The summed E-state index contributed by atoms with van der Waals surface area (Å²) in [6.07, 6.45) is 0. The van der Waals surface area contributed by atoms with Crippen LogP contribution in [0.3, 0.4) is 0 Å². The van der Waals surface area contributed by atoms with Crippen molar-refractivity contribution in [3.05, 3.63) is 59.7 Å². The Balaban J connectivity index is 2.01. The number of rotatable bonds is 4. The van der Waals surface area contributed by atoms with Crippen LogP contribution >= 0.6 is 0 Å². The molecule has 0 atom stereocenters. The fourth-order valence-electron chi connectivity index (χ4n) is 2.18. The van der Waals surface area contributed by atoms with E-state index in [1.807, 2.05) is 45.0 Å². The summed E-state index contributed by atoms with van der Waals surface area (Å²) < 4.78 is 0. The molecule has 0 radical (unpaired) electrons. The molecule has 0 unspecified atom stereocenters. The lowest BCUT2D eigenvalue weighted by atomic mass is 9.95. The summed E-state index contributed by atoms with van der Waals surface area (Å²) in [6, 6.07) is 14.7. The van der Waals surface area contributed by atoms with Crippen LogP contribution in [0.2, 0.25) is 0 Å². The molecule has 0 aromatic heterocycles. The molecule has 0 heterocycles. The van der Waals surface area contributed by atoms with Crippen molar-refractivity contribution in [1.29, 1.82) is 0 Å². The highest BCUT2D eigenvalue weighted by atomic mass is 16.2. The summed E-state index contributed by atoms with van der Waals surface area (Å²) in [5.74, 6) is 0.224. The number of amides is 2. The third-order valence-corrected chi connectivity index (χ3v) is 3.92. The van der Waals surface area contributed by atoms with Gasteiger partial charge in [0.15, 0.2) is 0 Å². The van der Waals surface area contributed by atoms with Crippen LogP contribution in [0.15, 0.2) is 48.5 Å². The van der Waals surface area contributed by atoms with E-state index in [2.05, 4.69) is 24.5 Å². The van der Waals surface area contributed by atoms with Crippen molar-refractivity contribution < 1.29 is 9.59 Å². The summed E-state index contributed by atoms with van der Waals surface area (Å²) in [4.78, 5) is 24.3. The Kier molecular flexibility index (Phi) is 5.62. The Bertz CT molecular complexity index is 739.